The van der Waals surface area contributed by atoms with Gasteiger partial charge in [0.25, 0.3) is 5.91 Å². The minimum absolute atomic E-state index is 0.00329. The van der Waals surface area contributed by atoms with Gasteiger partial charge in [-0.25, -0.2) is 4.79 Å². The minimum atomic E-state index is -0.547. The lowest BCUT2D eigenvalue weighted by Crippen LogP contribution is -2.14. The Labute approximate surface area is 127 Å². The van der Waals surface area contributed by atoms with Crippen LogP contribution in [0.15, 0.2) is 48.5 Å². The van der Waals surface area contributed by atoms with Crippen molar-refractivity contribution >= 4 is 23.4 Å². The van der Waals surface area contributed by atoms with Gasteiger partial charge >= 0.3 is 6.09 Å². The molecule has 0 bridgehead atoms. The Morgan fingerprint density at radius 3 is 2.36 bits per heavy atom. The molecule has 2 rings (SSSR count). The molecule has 114 valence electrons. The Kier molecular flexibility index (Phi) is 4.98. The summed E-state index contributed by atoms with van der Waals surface area (Å²) in [5.41, 5.74) is 1.26. The summed E-state index contributed by atoms with van der Waals surface area (Å²) in [5.74, 6) is -0.361. The second-order valence-electron chi connectivity index (χ2n) is 4.39. The molecule has 0 atom stereocenters. The van der Waals surface area contributed by atoms with E-state index in [0.29, 0.717) is 16.9 Å². The molecule has 0 unspecified atom stereocenters. The van der Waals surface area contributed by atoms with Crippen molar-refractivity contribution in [1.82, 2.24) is 0 Å². The molecule has 6 heteroatoms. The first-order chi connectivity index (χ1) is 10.6. The van der Waals surface area contributed by atoms with Gasteiger partial charge in [0, 0.05) is 11.3 Å². The second kappa shape index (κ2) is 7.12. The summed E-state index contributed by atoms with van der Waals surface area (Å²) in [5, 5.41) is 14.8. The molecule has 0 heterocycles. The normalized spacial score (nSPS) is 9.86. The molecule has 0 radical (unpaired) electrons. The number of phenolic OH excluding ortho intramolecular Hbond substituents is 1. The van der Waals surface area contributed by atoms with Crippen molar-refractivity contribution in [2.75, 3.05) is 17.2 Å². The van der Waals surface area contributed by atoms with Crippen LogP contribution in [0.3, 0.4) is 0 Å². The highest BCUT2D eigenvalue weighted by molar-refractivity contribution is 6.05. The number of nitrogens with one attached hydrogen (secondary N) is 2. The van der Waals surface area contributed by atoms with E-state index in [9.17, 15) is 14.7 Å². The van der Waals surface area contributed by atoms with E-state index in [2.05, 4.69) is 10.6 Å². The third-order valence-corrected chi connectivity index (χ3v) is 2.82. The average Bonchev–Trinajstić information content (AvgIpc) is 2.50. The summed E-state index contributed by atoms with van der Waals surface area (Å²) in [4.78, 5) is 23.3. The third kappa shape index (κ3) is 3.99. The summed E-state index contributed by atoms with van der Waals surface area (Å²) in [6.45, 7) is 2.00. The van der Waals surface area contributed by atoms with Crippen molar-refractivity contribution in [2.24, 2.45) is 0 Å². The summed E-state index contributed by atoms with van der Waals surface area (Å²) < 4.78 is 4.76. The Bertz CT molecular complexity index is 668. The molecular weight excluding hydrogens is 284 g/mol. The van der Waals surface area contributed by atoms with Gasteiger partial charge in [0.2, 0.25) is 0 Å². The van der Waals surface area contributed by atoms with E-state index in [1.807, 2.05) is 0 Å². The predicted molar refractivity (Wildman–Crippen MR) is 83.1 cm³/mol. The minimum Gasteiger partial charge on any atom is -0.506 e. The number of rotatable bonds is 4. The van der Waals surface area contributed by atoms with Crippen LogP contribution in [0.4, 0.5) is 16.2 Å². The number of carbonyl (C=O) groups is 2. The van der Waals surface area contributed by atoms with Crippen LogP contribution in [0.25, 0.3) is 0 Å². The zero-order chi connectivity index (χ0) is 15.9. The van der Waals surface area contributed by atoms with Gasteiger partial charge in [-0.05, 0) is 43.3 Å². The predicted octanol–water partition coefficient (Wildman–Crippen LogP) is 3.21. The second-order valence-corrected chi connectivity index (χ2v) is 4.39. The van der Waals surface area contributed by atoms with Gasteiger partial charge in [0.1, 0.15) is 5.75 Å². The van der Waals surface area contributed by atoms with Gasteiger partial charge in [-0.1, -0.05) is 12.1 Å². The van der Waals surface area contributed by atoms with Crippen LogP contribution < -0.4 is 10.6 Å². The van der Waals surface area contributed by atoms with E-state index in [4.69, 9.17) is 4.74 Å². The molecule has 2 amide bonds. The van der Waals surface area contributed by atoms with Gasteiger partial charge in [-0.2, -0.15) is 0 Å². The molecule has 3 N–H and O–H groups in total. The number of carbonyl (C=O) groups excluding carboxylic acids is 2. The van der Waals surface area contributed by atoms with Crippen LogP contribution >= 0.6 is 0 Å². The SMILES string of the molecule is CCOC(=O)Nc1ccc(C(=O)Nc2ccccc2O)cc1. The van der Waals surface area contributed by atoms with E-state index in [1.165, 1.54) is 6.07 Å². The number of aromatic hydroxyl groups is 1. The van der Waals surface area contributed by atoms with Crippen LogP contribution in [0.2, 0.25) is 0 Å². The third-order valence-electron chi connectivity index (χ3n) is 2.82. The Hall–Kier alpha value is -3.02. The number of benzene rings is 2. The zero-order valence-electron chi connectivity index (χ0n) is 12.0. The van der Waals surface area contributed by atoms with Crippen molar-refractivity contribution in [3.8, 4) is 5.75 Å². The van der Waals surface area contributed by atoms with Crippen LogP contribution in [0.1, 0.15) is 17.3 Å². The molecule has 0 spiro atoms. The number of hydrogen-bond acceptors (Lipinski definition) is 4. The number of hydrogen-bond donors (Lipinski definition) is 3. The standard InChI is InChI=1S/C16H16N2O4/c1-2-22-16(21)17-12-9-7-11(8-10-12)15(20)18-13-5-3-4-6-14(13)19/h3-10,19H,2H2,1H3,(H,17,21)(H,18,20). The first-order valence-corrected chi connectivity index (χ1v) is 6.73. The molecular formula is C16H16N2O4. The quantitative estimate of drug-likeness (QED) is 0.757. The maximum Gasteiger partial charge on any atom is 0.411 e. The lowest BCUT2D eigenvalue weighted by atomic mass is 10.2. The number of amides is 2. The smallest absolute Gasteiger partial charge is 0.411 e. The van der Waals surface area contributed by atoms with E-state index >= 15 is 0 Å². The molecule has 0 aliphatic carbocycles. The van der Waals surface area contributed by atoms with Crippen molar-refractivity contribution < 1.29 is 19.4 Å². The maximum absolute atomic E-state index is 12.1. The van der Waals surface area contributed by atoms with Crippen molar-refractivity contribution in [3.63, 3.8) is 0 Å². The van der Waals surface area contributed by atoms with Crippen molar-refractivity contribution in [3.05, 3.63) is 54.1 Å². The molecule has 2 aromatic carbocycles. The molecule has 0 saturated heterocycles. The molecule has 0 fully saturated rings. The largest absolute Gasteiger partial charge is 0.506 e. The number of ether oxygens (including phenoxy) is 1. The Morgan fingerprint density at radius 1 is 1.05 bits per heavy atom. The highest BCUT2D eigenvalue weighted by atomic mass is 16.5. The summed E-state index contributed by atoms with van der Waals surface area (Å²) in [7, 11) is 0. The highest BCUT2D eigenvalue weighted by Gasteiger charge is 2.09. The summed E-state index contributed by atoms with van der Waals surface area (Å²) >= 11 is 0. The first kappa shape index (κ1) is 15.4. The molecule has 2 aromatic rings. The fraction of sp³-hybridized carbons (Fsp3) is 0.125. The van der Waals surface area contributed by atoms with E-state index < -0.39 is 6.09 Å². The molecule has 0 aliphatic rings. The van der Waals surface area contributed by atoms with Gasteiger partial charge in [-0.3, -0.25) is 10.1 Å². The number of phenols is 1. The van der Waals surface area contributed by atoms with Crippen LogP contribution in [-0.4, -0.2) is 23.7 Å². The monoisotopic (exact) mass is 300 g/mol. The molecule has 0 saturated carbocycles. The lowest BCUT2D eigenvalue weighted by molar-refractivity contribution is 0.102. The van der Waals surface area contributed by atoms with Gasteiger partial charge < -0.3 is 15.2 Å². The number of anilines is 2. The van der Waals surface area contributed by atoms with Gasteiger partial charge in [0.05, 0.1) is 12.3 Å². The molecule has 0 aliphatic heterocycles. The van der Waals surface area contributed by atoms with Crippen LogP contribution in [0.5, 0.6) is 5.75 Å². The topological polar surface area (TPSA) is 87.7 Å². The first-order valence-electron chi connectivity index (χ1n) is 6.73. The van der Waals surface area contributed by atoms with Gasteiger partial charge in [0.15, 0.2) is 0 Å². The summed E-state index contributed by atoms with van der Waals surface area (Å²) in [6.07, 6.45) is -0.547. The van der Waals surface area contributed by atoms with E-state index in [1.54, 1.807) is 49.4 Å². The van der Waals surface area contributed by atoms with Crippen molar-refractivity contribution in [2.45, 2.75) is 6.92 Å². The highest BCUT2D eigenvalue weighted by Crippen LogP contribution is 2.22. The van der Waals surface area contributed by atoms with Crippen molar-refractivity contribution in [1.29, 1.82) is 0 Å². The van der Waals surface area contributed by atoms with E-state index in [0.717, 1.165) is 0 Å². The molecule has 0 aromatic heterocycles. The van der Waals surface area contributed by atoms with Gasteiger partial charge in [-0.15, -0.1) is 0 Å². The zero-order valence-corrected chi connectivity index (χ0v) is 12.0. The van der Waals surface area contributed by atoms with E-state index in [-0.39, 0.29) is 18.3 Å². The van der Waals surface area contributed by atoms with Crippen LogP contribution in [0, 0.1) is 0 Å². The Balaban J connectivity index is 2.02. The lowest BCUT2D eigenvalue weighted by Gasteiger charge is -2.08. The van der Waals surface area contributed by atoms with Crippen LogP contribution in [-0.2, 0) is 4.74 Å². The maximum atomic E-state index is 12.1. The number of para-hydroxylation sites is 2. The molecule has 6 nitrogen and oxygen atoms in total. The summed E-state index contributed by atoms with van der Waals surface area (Å²) in [6, 6.07) is 12.8. The average molecular weight is 300 g/mol. The molecule has 22 heavy (non-hydrogen) atoms. The fourth-order valence-electron chi connectivity index (χ4n) is 1.76. The Morgan fingerprint density at radius 2 is 1.73 bits per heavy atom. The fourth-order valence-corrected chi connectivity index (χ4v) is 1.76.